The summed E-state index contributed by atoms with van der Waals surface area (Å²) < 4.78 is 22.5. The fraction of sp³-hybridized carbons (Fsp3) is 0.500. The Kier molecular flexibility index (Phi) is 3.97. The molecule has 0 aromatic carbocycles. The van der Waals surface area contributed by atoms with Gasteiger partial charge in [-0.15, -0.1) is 11.3 Å². The Bertz CT molecular complexity index is 500. The largest absolute Gasteiger partial charge is 0.298 e. The van der Waals surface area contributed by atoms with Gasteiger partial charge in [0.1, 0.15) is 4.75 Å². The molecule has 6 heteroatoms. The lowest BCUT2D eigenvalue weighted by molar-refractivity contribution is -0.120. The van der Waals surface area contributed by atoms with Gasteiger partial charge in [-0.3, -0.25) is 4.79 Å². The quantitative estimate of drug-likeness (QED) is 0.854. The van der Waals surface area contributed by atoms with Gasteiger partial charge >= 0.3 is 0 Å². The fourth-order valence-electron chi connectivity index (χ4n) is 1.02. The first-order valence-electron chi connectivity index (χ1n) is 4.61. The normalized spacial score (nSPS) is 12.8. The van der Waals surface area contributed by atoms with Gasteiger partial charge in [-0.05, 0) is 41.2 Å². The summed E-state index contributed by atoms with van der Waals surface area (Å²) >= 11 is 4.76. The summed E-state index contributed by atoms with van der Waals surface area (Å²) in [5, 5.41) is 1.86. The molecule has 1 aromatic heterocycles. The van der Waals surface area contributed by atoms with Crippen LogP contribution in [-0.4, -0.2) is 25.2 Å². The van der Waals surface area contributed by atoms with Gasteiger partial charge in [0, 0.05) is 22.0 Å². The van der Waals surface area contributed by atoms with Crippen molar-refractivity contribution in [1.29, 1.82) is 0 Å². The number of rotatable bonds is 4. The van der Waals surface area contributed by atoms with Crippen molar-refractivity contribution >= 4 is 42.9 Å². The van der Waals surface area contributed by atoms with E-state index in [1.165, 1.54) is 25.2 Å². The number of ketones is 1. The minimum absolute atomic E-state index is 0.151. The SMILES string of the molecule is CC(C)(C(=O)Cc1sccc1Br)S(C)(=O)=O. The molecule has 0 fully saturated rings. The summed E-state index contributed by atoms with van der Waals surface area (Å²) in [4.78, 5) is 12.8. The average molecular weight is 325 g/mol. The van der Waals surface area contributed by atoms with E-state index in [-0.39, 0.29) is 12.2 Å². The topological polar surface area (TPSA) is 51.2 Å². The molecule has 0 aliphatic heterocycles. The van der Waals surface area contributed by atoms with Gasteiger partial charge in [-0.25, -0.2) is 8.42 Å². The predicted octanol–water partition coefficient (Wildman–Crippen LogP) is 2.45. The molecule has 0 aliphatic rings. The second-order valence-electron chi connectivity index (χ2n) is 4.07. The molecule has 1 aromatic rings. The van der Waals surface area contributed by atoms with Crippen LogP contribution < -0.4 is 0 Å². The molecule has 0 bridgehead atoms. The predicted molar refractivity (Wildman–Crippen MR) is 69.7 cm³/mol. The highest BCUT2D eigenvalue weighted by Crippen LogP contribution is 2.26. The van der Waals surface area contributed by atoms with Crippen LogP contribution in [0.15, 0.2) is 15.9 Å². The Labute approximate surface area is 108 Å². The molecule has 0 saturated heterocycles. The maximum absolute atomic E-state index is 11.9. The lowest BCUT2D eigenvalue weighted by Gasteiger charge is -2.20. The summed E-state index contributed by atoms with van der Waals surface area (Å²) in [6, 6.07) is 1.85. The molecule has 90 valence electrons. The van der Waals surface area contributed by atoms with E-state index in [0.717, 1.165) is 15.6 Å². The lowest BCUT2D eigenvalue weighted by Crippen LogP contribution is -2.40. The number of halogens is 1. The summed E-state index contributed by atoms with van der Waals surface area (Å²) in [5.41, 5.74) is 0. The maximum atomic E-state index is 11.9. The zero-order valence-electron chi connectivity index (χ0n) is 9.28. The highest BCUT2D eigenvalue weighted by Gasteiger charge is 2.38. The standard InChI is InChI=1S/C10H13BrO3S2/c1-10(2,16(3,13)14)9(12)6-8-7(11)4-5-15-8/h4-5H,6H2,1-3H3. The number of carbonyl (C=O) groups is 1. The minimum atomic E-state index is -3.38. The van der Waals surface area contributed by atoms with Crippen LogP contribution >= 0.6 is 27.3 Å². The van der Waals surface area contributed by atoms with Gasteiger partial charge in [0.25, 0.3) is 0 Å². The van der Waals surface area contributed by atoms with Crippen LogP contribution in [0.4, 0.5) is 0 Å². The second-order valence-corrected chi connectivity index (χ2v) is 8.49. The Hall–Kier alpha value is -0.200. The number of thiophene rings is 1. The molecule has 1 rings (SSSR count). The van der Waals surface area contributed by atoms with Crippen molar-refractivity contribution < 1.29 is 13.2 Å². The Morgan fingerprint density at radius 3 is 2.44 bits per heavy atom. The van der Waals surface area contributed by atoms with Crippen LogP contribution in [0.5, 0.6) is 0 Å². The fourth-order valence-corrected chi connectivity index (χ4v) is 2.99. The van der Waals surface area contributed by atoms with Crippen LogP contribution in [-0.2, 0) is 21.1 Å². The first kappa shape index (κ1) is 13.9. The highest BCUT2D eigenvalue weighted by molar-refractivity contribution is 9.10. The van der Waals surface area contributed by atoms with Crippen LogP contribution in [0.25, 0.3) is 0 Å². The van der Waals surface area contributed by atoms with Crippen molar-refractivity contribution in [3.8, 4) is 0 Å². The molecular formula is C10H13BrO3S2. The first-order chi connectivity index (χ1) is 7.16. The number of carbonyl (C=O) groups excluding carboxylic acids is 1. The number of hydrogen-bond donors (Lipinski definition) is 0. The molecule has 0 aliphatic carbocycles. The zero-order valence-corrected chi connectivity index (χ0v) is 12.5. The van der Waals surface area contributed by atoms with Gasteiger partial charge in [-0.1, -0.05) is 0 Å². The first-order valence-corrected chi connectivity index (χ1v) is 8.17. The van der Waals surface area contributed by atoms with E-state index < -0.39 is 14.6 Å². The van der Waals surface area contributed by atoms with Gasteiger partial charge in [-0.2, -0.15) is 0 Å². The third kappa shape index (κ3) is 2.73. The van der Waals surface area contributed by atoms with Gasteiger partial charge < -0.3 is 0 Å². The van der Waals surface area contributed by atoms with Crippen molar-refractivity contribution in [3.63, 3.8) is 0 Å². The number of sulfone groups is 1. The molecular weight excluding hydrogens is 312 g/mol. The average Bonchev–Trinajstić information content (AvgIpc) is 2.49. The zero-order chi connectivity index (χ0) is 12.6. The Balaban J connectivity index is 2.94. The van der Waals surface area contributed by atoms with Gasteiger partial charge in [0.05, 0.1) is 0 Å². The van der Waals surface area contributed by atoms with E-state index in [2.05, 4.69) is 15.9 Å². The molecule has 0 atom stereocenters. The van der Waals surface area contributed by atoms with Crippen molar-refractivity contribution in [2.45, 2.75) is 25.0 Å². The van der Waals surface area contributed by atoms with E-state index in [1.807, 2.05) is 11.4 Å². The molecule has 16 heavy (non-hydrogen) atoms. The van der Waals surface area contributed by atoms with Crippen LogP contribution in [0, 0.1) is 0 Å². The maximum Gasteiger partial charge on any atom is 0.159 e. The molecule has 0 radical (unpaired) electrons. The highest BCUT2D eigenvalue weighted by atomic mass is 79.9. The smallest absolute Gasteiger partial charge is 0.159 e. The molecule has 1 heterocycles. The Morgan fingerprint density at radius 1 is 1.50 bits per heavy atom. The van der Waals surface area contributed by atoms with E-state index in [0.29, 0.717) is 0 Å². The second kappa shape index (κ2) is 4.58. The van der Waals surface area contributed by atoms with E-state index in [9.17, 15) is 13.2 Å². The van der Waals surface area contributed by atoms with Gasteiger partial charge in [0.2, 0.25) is 0 Å². The van der Waals surface area contributed by atoms with Crippen molar-refractivity contribution in [3.05, 3.63) is 20.8 Å². The van der Waals surface area contributed by atoms with E-state index in [1.54, 1.807) is 0 Å². The van der Waals surface area contributed by atoms with Gasteiger partial charge in [0.15, 0.2) is 15.6 Å². The summed E-state index contributed by atoms with van der Waals surface area (Å²) in [6.45, 7) is 2.90. The third-order valence-electron chi connectivity index (χ3n) is 2.61. The minimum Gasteiger partial charge on any atom is -0.298 e. The Morgan fingerprint density at radius 2 is 2.06 bits per heavy atom. The van der Waals surface area contributed by atoms with Crippen molar-refractivity contribution in [2.75, 3.05) is 6.26 Å². The van der Waals surface area contributed by atoms with E-state index >= 15 is 0 Å². The lowest BCUT2D eigenvalue weighted by atomic mass is 10.0. The van der Waals surface area contributed by atoms with Crippen LogP contribution in [0.2, 0.25) is 0 Å². The molecule has 0 saturated carbocycles. The molecule has 0 N–H and O–H groups in total. The molecule has 0 unspecified atom stereocenters. The van der Waals surface area contributed by atoms with E-state index in [4.69, 9.17) is 0 Å². The molecule has 0 amide bonds. The summed E-state index contributed by atoms with van der Waals surface area (Å²) in [7, 11) is -3.38. The van der Waals surface area contributed by atoms with Crippen LogP contribution in [0.1, 0.15) is 18.7 Å². The monoisotopic (exact) mass is 324 g/mol. The third-order valence-corrected chi connectivity index (χ3v) is 6.62. The number of hydrogen-bond acceptors (Lipinski definition) is 4. The molecule has 3 nitrogen and oxygen atoms in total. The summed E-state index contributed by atoms with van der Waals surface area (Å²) in [5.74, 6) is -0.279. The number of Topliss-reactive ketones (excluding diaryl/α,β-unsaturated/α-hetero) is 1. The van der Waals surface area contributed by atoms with Crippen molar-refractivity contribution in [1.82, 2.24) is 0 Å². The van der Waals surface area contributed by atoms with Crippen LogP contribution in [0.3, 0.4) is 0 Å². The molecule has 0 spiro atoms. The summed E-state index contributed by atoms with van der Waals surface area (Å²) in [6.07, 6.45) is 1.24. The van der Waals surface area contributed by atoms with Crippen molar-refractivity contribution in [2.24, 2.45) is 0 Å².